The summed E-state index contributed by atoms with van der Waals surface area (Å²) in [6, 6.07) is 11.3. The molecule has 0 aromatic heterocycles. The Hall–Kier alpha value is -1.92. The maximum absolute atomic E-state index is 13.3. The highest BCUT2D eigenvalue weighted by atomic mass is 16.2. The second kappa shape index (κ2) is 8.21. The van der Waals surface area contributed by atoms with Crippen LogP contribution in [0.25, 0.3) is 0 Å². The smallest absolute Gasteiger partial charge is 0.231 e. The number of rotatable bonds is 4. The second-order valence-electron chi connectivity index (χ2n) is 8.80. The zero-order valence-electron chi connectivity index (χ0n) is 16.8. The Kier molecular flexibility index (Phi) is 5.69. The van der Waals surface area contributed by atoms with Crippen LogP contribution in [0.2, 0.25) is 0 Å². The number of hydrogen-bond acceptors (Lipinski definition) is 4. The lowest BCUT2D eigenvalue weighted by Crippen LogP contribution is -2.52. The average molecular weight is 385 g/mol. The van der Waals surface area contributed by atoms with Gasteiger partial charge in [0.1, 0.15) is 0 Å². The summed E-state index contributed by atoms with van der Waals surface area (Å²) in [5, 5.41) is 0. The molecule has 1 aromatic carbocycles. The number of nitrogens with zero attached hydrogens (tertiary/aromatic N) is 3. The molecule has 4 rings (SSSR count). The summed E-state index contributed by atoms with van der Waals surface area (Å²) in [4.78, 5) is 31.2. The van der Waals surface area contributed by atoms with E-state index in [2.05, 4.69) is 47.2 Å². The molecule has 3 fully saturated rings. The van der Waals surface area contributed by atoms with E-state index in [4.69, 9.17) is 5.73 Å². The Morgan fingerprint density at radius 2 is 1.86 bits per heavy atom. The second-order valence-corrected chi connectivity index (χ2v) is 8.80. The summed E-state index contributed by atoms with van der Waals surface area (Å²) < 4.78 is 0. The molecule has 0 radical (unpaired) electrons. The molecule has 0 bridgehead atoms. The quantitative estimate of drug-likeness (QED) is 0.845. The third kappa shape index (κ3) is 3.94. The van der Waals surface area contributed by atoms with Gasteiger partial charge >= 0.3 is 0 Å². The van der Waals surface area contributed by atoms with Crippen molar-refractivity contribution in [3.05, 3.63) is 35.9 Å². The number of nitrogens with two attached hydrogens (primary N) is 1. The van der Waals surface area contributed by atoms with Crippen molar-refractivity contribution in [3.8, 4) is 0 Å². The summed E-state index contributed by atoms with van der Waals surface area (Å²) in [6.45, 7) is 4.54. The molecule has 3 saturated heterocycles. The van der Waals surface area contributed by atoms with Gasteiger partial charge in [0, 0.05) is 44.1 Å². The Balaban J connectivity index is 1.44. The van der Waals surface area contributed by atoms with Crippen molar-refractivity contribution < 1.29 is 9.59 Å². The number of likely N-dealkylation sites (N-methyl/N-ethyl adjacent to an activating group) is 1. The van der Waals surface area contributed by atoms with Gasteiger partial charge in [0.2, 0.25) is 11.8 Å². The van der Waals surface area contributed by atoms with Gasteiger partial charge in [-0.05, 0) is 38.4 Å². The molecule has 152 valence electrons. The van der Waals surface area contributed by atoms with Crippen LogP contribution in [-0.4, -0.2) is 78.9 Å². The summed E-state index contributed by atoms with van der Waals surface area (Å²) in [7, 11) is 2.22. The van der Waals surface area contributed by atoms with Crippen LogP contribution in [0, 0.1) is 11.8 Å². The highest BCUT2D eigenvalue weighted by Crippen LogP contribution is 2.41. The molecule has 3 aliphatic heterocycles. The monoisotopic (exact) mass is 384 g/mol. The van der Waals surface area contributed by atoms with Gasteiger partial charge in [-0.25, -0.2) is 0 Å². The third-order valence-corrected chi connectivity index (χ3v) is 6.96. The molecule has 0 spiro atoms. The van der Waals surface area contributed by atoms with Crippen molar-refractivity contribution in [2.75, 3.05) is 46.3 Å². The highest BCUT2D eigenvalue weighted by Gasteiger charge is 2.45. The minimum Gasteiger partial charge on any atom is -0.369 e. The van der Waals surface area contributed by atoms with Gasteiger partial charge in [0.05, 0.1) is 12.5 Å². The van der Waals surface area contributed by atoms with Gasteiger partial charge in [0.15, 0.2) is 0 Å². The number of hydrogen-bond donors (Lipinski definition) is 1. The van der Waals surface area contributed by atoms with Gasteiger partial charge in [-0.15, -0.1) is 0 Å². The molecule has 2 amide bonds. The van der Waals surface area contributed by atoms with E-state index >= 15 is 0 Å². The Morgan fingerprint density at radius 3 is 2.61 bits per heavy atom. The molecular formula is C22H32N4O2. The SMILES string of the molecule is CN1C[C@H](c2ccccc2)[C@H]2CN(C(=O)C3CCCN(CC(N)=O)C3)CC[C@H]21. The van der Waals surface area contributed by atoms with Crippen molar-refractivity contribution in [2.24, 2.45) is 17.6 Å². The van der Waals surface area contributed by atoms with E-state index in [0.29, 0.717) is 24.4 Å². The highest BCUT2D eigenvalue weighted by molar-refractivity contribution is 5.80. The maximum atomic E-state index is 13.3. The van der Waals surface area contributed by atoms with E-state index in [-0.39, 0.29) is 24.3 Å². The molecule has 6 nitrogen and oxygen atoms in total. The van der Waals surface area contributed by atoms with Crippen LogP contribution in [-0.2, 0) is 9.59 Å². The third-order valence-electron chi connectivity index (χ3n) is 6.96. The fraction of sp³-hybridized carbons (Fsp3) is 0.636. The standard InChI is InChI=1S/C22H32N4O2/c1-24-13-18(16-6-3-2-4-7-16)19-14-26(11-9-20(19)24)22(28)17-8-5-10-25(12-17)15-21(23)27/h2-4,6-7,17-20H,5,8-15H2,1H3,(H2,23,27)/t17?,18-,19-,20-/m1/s1. The predicted octanol–water partition coefficient (Wildman–Crippen LogP) is 1.13. The van der Waals surface area contributed by atoms with E-state index in [0.717, 1.165) is 45.4 Å². The molecule has 6 heteroatoms. The average Bonchev–Trinajstić information content (AvgIpc) is 3.04. The number of benzene rings is 1. The van der Waals surface area contributed by atoms with Gasteiger partial charge < -0.3 is 15.5 Å². The molecule has 4 atom stereocenters. The molecule has 1 unspecified atom stereocenters. The molecule has 28 heavy (non-hydrogen) atoms. The number of amides is 2. The summed E-state index contributed by atoms with van der Waals surface area (Å²) in [6.07, 6.45) is 2.92. The number of fused-ring (bicyclic) bond motifs is 1. The molecule has 0 aliphatic carbocycles. The van der Waals surface area contributed by atoms with E-state index in [1.54, 1.807) is 0 Å². The van der Waals surface area contributed by atoms with Crippen molar-refractivity contribution in [3.63, 3.8) is 0 Å². The Morgan fingerprint density at radius 1 is 1.07 bits per heavy atom. The van der Waals surface area contributed by atoms with Crippen LogP contribution in [0.4, 0.5) is 0 Å². The topological polar surface area (TPSA) is 69.9 Å². The van der Waals surface area contributed by atoms with Crippen LogP contribution < -0.4 is 5.73 Å². The van der Waals surface area contributed by atoms with Crippen molar-refractivity contribution >= 4 is 11.8 Å². The van der Waals surface area contributed by atoms with Gasteiger partial charge in [-0.2, -0.15) is 0 Å². The van der Waals surface area contributed by atoms with E-state index < -0.39 is 0 Å². The van der Waals surface area contributed by atoms with Crippen molar-refractivity contribution in [2.45, 2.75) is 31.2 Å². The summed E-state index contributed by atoms with van der Waals surface area (Å²) in [5.41, 5.74) is 6.74. The van der Waals surface area contributed by atoms with E-state index in [1.807, 2.05) is 4.90 Å². The maximum Gasteiger partial charge on any atom is 0.231 e. The van der Waals surface area contributed by atoms with Crippen molar-refractivity contribution in [1.29, 1.82) is 0 Å². The predicted molar refractivity (Wildman–Crippen MR) is 109 cm³/mol. The first-order chi connectivity index (χ1) is 13.5. The molecular weight excluding hydrogens is 352 g/mol. The van der Waals surface area contributed by atoms with Crippen LogP contribution in [0.3, 0.4) is 0 Å². The number of primary amides is 1. The minimum atomic E-state index is -0.311. The zero-order chi connectivity index (χ0) is 19.7. The first kappa shape index (κ1) is 19.4. The first-order valence-electron chi connectivity index (χ1n) is 10.6. The normalized spacial score (nSPS) is 31.5. The van der Waals surface area contributed by atoms with Crippen LogP contribution >= 0.6 is 0 Å². The van der Waals surface area contributed by atoms with Gasteiger partial charge in [0.25, 0.3) is 0 Å². The molecule has 2 N–H and O–H groups in total. The number of carbonyl (C=O) groups is 2. The largest absolute Gasteiger partial charge is 0.369 e. The molecule has 0 saturated carbocycles. The first-order valence-corrected chi connectivity index (χ1v) is 10.6. The van der Waals surface area contributed by atoms with Gasteiger partial charge in [-0.1, -0.05) is 30.3 Å². The van der Waals surface area contributed by atoms with Gasteiger partial charge in [-0.3, -0.25) is 14.5 Å². The Labute approximate surface area is 167 Å². The zero-order valence-corrected chi connectivity index (χ0v) is 16.8. The Bertz CT molecular complexity index is 710. The lowest BCUT2D eigenvalue weighted by Gasteiger charge is -2.41. The lowest BCUT2D eigenvalue weighted by atomic mass is 9.81. The fourth-order valence-electron chi connectivity index (χ4n) is 5.63. The van der Waals surface area contributed by atoms with Crippen molar-refractivity contribution in [1.82, 2.24) is 14.7 Å². The number of likely N-dealkylation sites (tertiary alicyclic amines) is 3. The fourth-order valence-corrected chi connectivity index (χ4v) is 5.63. The van der Waals surface area contributed by atoms with Crippen LogP contribution in [0.5, 0.6) is 0 Å². The van der Waals surface area contributed by atoms with Crippen LogP contribution in [0.1, 0.15) is 30.7 Å². The molecule has 1 aromatic rings. The lowest BCUT2D eigenvalue weighted by molar-refractivity contribution is -0.140. The molecule has 3 aliphatic rings. The van der Waals surface area contributed by atoms with E-state index in [9.17, 15) is 9.59 Å². The van der Waals surface area contributed by atoms with E-state index in [1.165, 1.54) is 5.56 Å². The van der Waals surface area contributed by atoms with Crippen LogP contribution in [0.15, 0.2) is 30.3 Å². The number of carbonyl (C=O) groups excluding carboxylic acids is 2. The summed E-state index contributed by atoms with van der Waals surface area (Å²) in [5.74, 6) is 0.946. The molecule has 3 heterocycles. The minimum absolute atomic E-state index is 0.000965. The summed E-state index contributed by atoms with van der Waals surface area (Å²) >= 11 is 0. The number of piperidine rings is 2.